The Morgan fingerprint density at radius 2 is 1.25 bits per heavy atom. The average Bonchev–Trinajstić information content (AvgIpc) is 2.96. The molecule has 3 nitrogen and oxygen atoms in total. The van der Waals surface area contributed by atoms with Crippen molar-refractivity contribution in [2.24, 2.45) is 0 Å². The van der Waals surface area contributed by atoms with Crippen LogP contribution in [0, 0.1) is 5.82 Å². The van der Waals surface area contributed by atoms with Crippen LogP contribution >= 0.6 is 0 Å². The van der Waals surface area contributed by atoms with Gasteiger partial charge in [-0.2, -0.15) is 39.5 Å². The smallest absolute Gasteiger partial charge is 0.416 e. The molecule has 234 valence electrons. The van der Waals surface area contributed by atoms with Gasteiger partial charge in [0.1, 0.15) is 18.2 Å². The minimum atomic E-state index is -4.80. The van der Waals surface area contributed by atoms with Gasteiger partial charge in [-0.1, -0.05) is 30.3 Å². The Hall–Kier alpha value is -4.26. The number of ether oxygens (including phenoxy) is 1. The number of aliphatic hydroxyl groups is 1. The molecule has 0 spiro atoms. The van der Waals surface area contributed by atoms with Crippen molar-refractivity contribution in [2.75, 3.05) is 11.5 Å². The van der Waals surface area contributed by atoms with Crippen LogP contribution in [0.1, 0.15) is 39.4 Å². The van der Waals surface area contributed by atoms with Crippen LogP contribution in [-0.4, -0.2) is 11.7 Å². The van der Waals surface area contributed by atoms with Crippen molar-refractivity contribution in [3.05, 3.63) is 130 Å². The largest absolute Gasteiger partial charge is 0.489 e. The van der Waals surface area contributed by atoms with Crippen molar-refractivity contribution in [3.8, 4) is 5.75 Å². The number of rotatable bonds is 9. The van der Waals surface area contributed by atoms with Gasteiger partial charge in [-0.3, -0.25) is 0 Å². The number of hydrogen-bond acceptors (Lipinski definition) is 3. The van der Waals surface area contributed by atoms with Crippen LogP contribution in [0.15, 0.2) is 91.0 Å². The SMILES string of the molecule is OCC(c1ccc(C(F)(F)F)cc1)N(Cc1cc(C(F)(F)F)ccc1F)c1cccc(OCc2cccc(C(F)(F)F)c2)c1. The summed E-state index contributed by atoms with van der Waals surface area (Å²) in [6.45, 7) is -1.59. The minimum Gasteiger partial charge on any atom is -0.489 e. The zero-order valence-corrected chi connectivity index (χ0v) is 22.4. The lowest BCUT2D eigenvalue weighted by Gasteiger charge is -2.34. The fourth-order valence-corrected chi connectivity index (χ4v) is 4.47. The standard InChI is InChI=1S/C31H23F10NO2/c32-27-12-11-24(31(39,40)41)14-21(27)16-42(28(17-43)20-7-9-22(10-8-20)29(33,34)35)25-5-2-6-26(15-25)44-18-19-3-1-4-23(13-19)30(36,37)38/h1-15,28,43H,16-18H2. The molecule has 0 fully saturated rings. The van der Waals surface area contributed by atoms with Crippen molar-refractivity contribution in [3.63, 3.8) is 0 Å². The van der Waals surface area contributed by atoms with Gasteiger partial charge in [0.25, 0.3) is 0 Å². The van der Waals surface area contributed by atoms with E-state index in [0.717, 1.165) is 36.4 Å². The van der Waals surface area contributed by atoms with E-state index in [9.17, 15) is 49.0 Å². The third kappa shape index (κ3) is 8.01. The first-order valence-electron chi connectivity index (χ1n) is 12.9. The summed E-state index contributed by atoms with van der Waals surface area (Å²) in [5, 5.41) is 10.3. The number of alkyl halides is 9. The topological polar surface area (TPSA) is 32.7 Å². The highest BCUT2D eigenvalue weighted by Gasteiger charge is 2.33. The maximum atomic E-state index is 14.8. The second kappa shape index (κ2) is 12.8. The molecule has 13 heteroatoms. The molecule has 1 atom stereocenters. The summed E-state index contributed by atoms with van der Waals surface area (Å²) in [5.41, 5.74) is -2.92. The first kappa shape index (κ1) is 32.6. The molecule has 0 bridgehead atoms. The molecule has 4 aromatic carbocycles. The van der Waals surface area contributed by atoms with Gasteiger partial charge in [-0.05, 0) is 65.7 Å². The van der Waals surface area contributed by atoms with E-state index >= 15 is 0 Å². The molecule has 0 saturated heterocycles. The van der Waals surface area contributed by atoms with Gasteiger partial charge in [0.15, 0.2) is 0 Å². The maximum absolute atomic E-state index is 14.8. The predicted octanol–water partition coefficient (Wildman–Crippen LogP) is 9.20. The van der Waals surface area contributed by atoms with E-state index in [-0.39, 0.29) is 29.2 Å². The van der Waals surface area contributed by atoms with E-state index in [4.69, 9.17) is 4.74 Å². The number of nitrogens with zero attached hydrogens (tertiary/aromatic N) is 1. The quantitative estimate of drug-likeness (QED) is 0.187. The molecule has 4 rings (SSSR count). The summed E-state index contributed by atoms with van der Waals surface area (Å²) < 4.78 is 139. The summed E-state index contributed by atoms with van der Waals surface area (Å²) in [6, 6.07) is 14.5. The number of halogens is 10. The molecular weight excluding hydrogens is 608 g/mol. The van der Waals surface area contributed by atoms with Gasteiger partial charge in [-0.25, -0.2) is 4.39 Å². The molecule has 4 aromatic rings. The van der Waals surface area contributed by atoms with E-state index in [2.05, 4.69) is 0 Å². The Bertz CT molecular complexity index is 1560. The van der Waals surface area contributed by atoms with E-state index in [0.29, 0.717) is 18.2 Å². The third-order valence-electron chi connectivity index (χ3n) is 6.69. The molecule has 0 aliphatic rings. The first-order valence-corrected chi connectivity index (χ1v) is 12.9. The molecule has 0 aromatic heterocycles. The highest BCUT2D eigenvalue weighted by molar-refractivity contribution is 5.54. The number of benzene rings is 4. The Labute approximate surface area is 244 Å². The van der Waals surface area contributed by atoms with Crippen LogP contribution in [0.25, 0.3) is 0 Å². The molecular formula is C31H23F10NO2. The number of anilines is 1. The van der Waals surface area contributed by atoms with E-state index in [1.54, 1.807) is 0 Å². The van der Waals surface area contributed by atoms with Crippen molar-refractivity contribution >= 4 is 5.69 Å². The molecule has 0 radical (unpaired) electrons. The van der Waals surface area contributed by atoms with Crippen LogP contribution < -0.4 is 9.64 Å². The summed E-state index contributed by atoms with van der Waals surface area (Å²) in [7, 11) is 0. The van der Waals surface area contributed by atoms with Crippen molar-refractivity contribution < 1.29 is 53.7 Å². The Kier molecular flexibility index (Phi) is 9.47. The van der Waals surface area contributed by atoms with Gasteiger partial charge in [0, 0.05) is 23.9 Å². The Balaban J connectivity index is 1.71. The minimum absolute atomic E-state index is 0.110. The summed E-state index contributed by atoms with van der Waals surface area (Å²) in [4.78, 5) is 1.29. The second-order valence-corrected chi connectivity index (χ2v) is 9.73. The van der Waals surface area contributed by atoms with Gasteiger partial charge in [0.2, 0.25) is 0 Å². The van der Waals surface area contributed by atoms with Crippen LogP contribution in [-0.2, 0) is 31.7 Å². The Morgan fingerprint density at radius 1 is 0.659 bits per heavy atom. The van der Waals surface area contributed by atoms with E-state index in [1.165, 1.54) is 41.3 Å². The Morgan fingerprint density at radius 3 is 1.86 bits per heavy atom. The zero-order chi connectivity index (χ0) is 32.3. The van der Waals surface area contributed by atoms with Gasteiger partial charge in [-0.15, -0.1) is 0 Å². The molecule has 1 N–H and O–H groups in total. The number of aliphatic hydroxyl groups excluding tert-OH is 1. The zero-order valence-electron chi connectivity index (χ0n) is 22.4. The maximum Gasteiger partial charge on any atom is 0.416 e. The monoisotopic (exact) mass is 631 g/mol. The van der Waals surface area contributed by atoms with Crippen LogP contribution in [0.3, 0.4) is 0 Å². The van der Waals surface area contributed by atoms with Gasteiger partial charge in [0.05, 0.1) is 29.3 Å². The molecule has 0 aliphatic heterocycles. The lowest BCUT2D eigenvalue weighted by molar-refractivity contribution is -0.138. The van der Waals surface area contributed by atoms with Crippen LogP contribution in [0.4, 0.5) is 49.6 Å². The fourth-order valence-electron chi connectivity index (χ4n) is 4.47. The first-order chi connectivity index (χ1) is 20.6. The van der Waals surface area contributed by atoms with Gasteiger partial charge < -0.3 is 14.7 Å². The molecule has 44 heavy (non-hydrogen) atoms. The molecule has 0 heterocycles. The molecule has 1 unspecified atom stereocenters. The lowest BCUT2D eigenvalue weighted by atomic mass is 10.0. The normalized spacial score (nSPS) is 13.1. The summed E-state index contributed by atoms with van der Waals surface area (Å²) >= 11 is 0. The lowest BCUT2D eigenvalue weighted by Crippen LogP contribution is -2.31. The molecule has 0 saturated carbocycles. The summed E-state index contributed by atoms with van der Waals surface area (Å²) in [5.74, 6) is -0.886. The molecule has 0 aliphatic carbocycles. The van der Waals surface area contributed by atoms with Crippen LogP contribution in [0.2, 0.25) is 0 Å². The van der Waals surface area contributed by atoms with E-state index in [1.807, 2.05) is 0 Å². The fraction of sp³-hybridized carbons (Fsp3) is 0.226. The van der Waals surface area contributed by atoms with Crippen molar-refractivity contribution in [1.29, 1.82) is 0 Å². The highest BCUT2D eigenvalue weighted by Crippen LogP contribution is 2.36. The predicted molar refractivity (Wildman–Crippen MR) is 141 cm³/mol. The number of hydrogen-bond donors (Lipinski definition) is 1. The third-order valence-corrected chi connectivity index (χ3v) is 6.69. The van der Waals surface area contributed by atoms with Crippen molar-refractivity contribution in [1.82, 2.24) is 0 Å². The summed E-state index contributed by atoms with van der Waals surface area (Å²) in [6.07, 6.45) is -14.0. The highest BCUT2D eigenvalue weighted by atomic mass is 19.4. The van der Waals surface area contributed by atoms with Crippen molar-refractivity contribution in [2.45, 2.75) is 37.7 Å². The average molecular weight is 632 g/mol. The van der Waals surface area contributed by atoms with Crippen LogP contribution in [0.5, 0.6) is 5.75 Å². The second-order valence-electron chi connectivity index (χ2n) is 9.73. The molecule has 0 amide bonds. The van der Waals surface area contributed by atoms with Gasteiger partial charge >= 0.3 is 18.5 Å². The van der Waals surface area contributed by atoms with E-state index < -0.39 is 65.8 Å².